The zero-order chi connectivity index (χ0) is 16.6. The van der Waals surface area contributed by atoms with Gasteiger partial charge in [-0.3, -0.25) is 0 Å². The molecule has 0 radical (unpaired) electrons. The van der Waals surface area contributed by atoms with Crippen molar-refractivity contribution < 1.29 is 8.42 Å². The Morgan fingerprint density at radius 3 is 2.29 bits per heavy atom. The van der Waals surface area contributed by atoms with Crippen molar-refractivity contribution in [2.24, 2.45) is 12.8 Å². The Bertz CT molecular complexity index is 961. The molecule has 0 aliphatic rings. The van der Waals surface area contributed by atoms with Crippen LogP contribution in [-0.2, 0) is 23.3 Å². The highest BCUT2D eigenvalue weighted by Crippen LogP contribution is 2.28. The Kier molecular flexibility index (Phi) is 5.38. The lowest BCUT2D eigenvalue weighted by molar-refractivity contribution is 0.596. The van der Waals surface area contributed by atoms with Crippen molar-refractivity contribution in [1.29, 1.82) is 0 Å². The van der Waals surface area contributed by atoms with Gasteiger partial charge in [-0.1, -0.05) is 17.7 Å². The number of sulfone groups is 1. The average molecular weight is 365 g/mol. The molecule has 4 nitrogen and oxygen atoms in total. The van der Waals surface area contributed by atoms with Crippen molar-refractivity contribution in [3.63, 3.8) is 0 Å². The van der Waals surface area contributed by atoms with Gasteiger partial charge in [0.15, 0.2) is 0 Å². The normalized spacial score (nSPS) is 11.5. The van der Waals surface area contributed by atoms with Gasteiger partial charge in [0.1, 0.15) is 0 Å². The Labute approximate surface area is 148 Å². The predicted molar refractivity (Wildman–Crippen MR) is 99.6 cm³/mol. The minimum atomic E-state index is -3.51. The second kappa shape index (κ2) is 6.97. The van der Waals surface area contributed by atoms with E-state index in [9.17, 15) is 8.42 Å². The molecule has 0 saturated carbocycles. The van der Waals surface area contributed by atoms with Crippen LogP contribution in [0.4, 0.5) is 0 Å². The van der Waals surface area contributed by atoms with Crippen molar-refractivity contribution >= 4 is 33.1 Å². The zero-order valence-corrected chi connectivity index (χ0v) is 15.3. The maximum absolute atomic E-state index is 12.8. The van der Waals surface area contributed by atoms with Crippen LogP contribution in [0.3, 0.4) is 0 Å². The lowest BCUT2D eigenvalue weighted by Crippen LogP contribution is -2.03. The van der Waals surface area contributed by atoms with E-state index in [4.69, 9.17) is 5.73 Å². The van der Waals surface area contributed by atoms with E-state index in [1.807, 2.05) is 42.9 Å². The first-order valence-electron chi connectivity index (χ1n) is 7.53. The molecule has 6 heteroatoms. The molecule has 0 aliphatic carbocycles. The maximum Gasteiger partial charge on any atom is 0.206 e. The minimum Gasteiger partial charge on any atom is -0.350 e. The summed E-state index contributed by atoms with van der Waals surface area (Å²) in [4.78, 5) is 0.636. The van der Waals surface area contributed by atoms with Crippen LogP contribution in [0.2, 0.25) is 0 Å². The second-order valence-electron chi connectivity index (χ2n) is 5.80. The van der Waals surface area contributed by atoms with Crippen LogP contribution in [0.5, 0.6) is 0 Å². The van der Waals surface area contributed by atoms with Gasteiger partial charge in [-0.2, -0.15) is 0 Å². The Hall–Kier alpha value is -1.82. The number of hydrogen-bond donors (Lipinski definition) is 1. The second-order valence-corrected chi connectivity index (χ2v) is 7.75. The quantitative estimate of drug-likeness (QED) is 0.772. The standard InChI is InChI=1S/C18H20N2O2S.ClH/c1-13-3-5-15(6-4-13)23(21,22)16-7-8-18-17(11-16)14(9-10-19)12-20(18)2;/h3-8,11-12H,9-10,19H2,1-2H3;1H. The first-order valence-corrected chi connectivity index (χ1v) is 9.01. The van der Waals surface area contributed by atoms with Crippen molar-refractivity contribution in [2.45, 2.75) is 23.1 Å². The third-order valence-electron chi connectivity index (χ3n) is 4.10. The molecule has 0 saturated heterocycles. The predicted octanol–water partition coefficient (Wildman–Crippen LogP) is 3.24. The van der Waals surface area contributed by atoms with E-state index in [1.165, 1.54) is 0 Å². The molecular formula is C18H21ClN2O2S. The number of rotatable bonds is 4. The third-order valence-corrected chi connectivity index (χ3v) is 5.87. The van der Waals surface area contributed by atoms with Gasteiger partial charge in [-0.15, -0.1) is 12.4 Å². The van der Waals surface area contributed by atoms with Crippen LogP contribution < -0.4 is 5.73 Å². The van der Waals surface area contributed by atoms with Crippen LogP contribution in [-0.4, -0.2) is 19.5 Å². The molecule has 3 rings (SSSR count). The fraction of sp³-hybridized carbons (Fsp3) is 0.222. The van der Waals surface area contributed by atoms with Crippen molar-refractivity contribution in [3.05, 3.63) is 59.8 Å². The summed E-state index contributed by atoms with van der Waals surface area (Å²) in [5, 5.41) is 0.950. The van der Waals surface area contributed by atoms with E-state index in [1.54, 1.807) is 24.3 Å². The zero-order valence-electron chi connectivity index (χ0n) is 13.7. The number of fused-ring (bicyclic) bond motifs is 1. The Balaban J connectivity index is 0.00000208. The van der Waals surface area contributed by atoms with Crippen LogP contribution in [0, 0.1) is 6.92 Å². The SMILES string of the molecule is Cc1ccc(S(=O)(=O)c2ccc3c(c2)c(CCN)cn3C)cc1.Cl. The van der Waals surface area contributed by atoms with E-state index in [0.29, 0.717) is 16.3 Å². The van der Waals surface area contributed by atoms with Crippen molar-refractivity contribution in [2.75, 3.05) is 6.54 Å². The summed E-state index contributed by atoms with van der Waals surface area (Å²) >= 11 is 0. The molecular weight excluding hydrogens is 344 g/mol. The molecule has 0 atom stereocenters. The lowest BCUT2D eigenvalue weighted by atomic mass is 10.1. The number of benzene rings is 2. The molecule has 128 valence electrons. The summed E-state index contributed by atoms with van der Waals surface area (Å²) in [6.07, 6.45) is 2.74. The largest absolute Gasteiger partial charge is 0.350 e. The van der Waals surface area contributed by atoms with Crippen LogP contribution >= 0.6 is 12.4 Å². The smallest absolute Gasteiger partial charge is 0.206 e. The molecule has 0 aliphatic heterocycles. The summed E-state index contributed by atoms with van der Waals surface area (Å²) in [5.74, 6) is 0. The topological polar surface area (TPSA) is 65.1 Å². The third kappa shape index (κ3) is 3.20. The number of aromatic nitrogens is 1. The summed E-state index contributed by atoms with van der Waals surface area (Å²) < 4.78 is 27.7. The van der Waals surface area contributed by atoms with Crippen molar-refractivity contribution in [3.8, 4) is 0 Å². The van der Waals surface area contributed by atoms with Gasteiger partial charge >= 0.3 is 0 Å². The summed E-state index contributed by atoms with van der Waals surface area (Å²) in [6, 6.07) is 12.2. The molecule has 2 aromatic carbocycles. The Morgan fingerprint density at radius 1 is 1.04 bits per heavy atom. The van der Waals surface area contributed by atoms with Gasteiger partial charge in [0.25, 0.3) is 0 Å². The van der Waals surface area contributed by atoms with E-state index in [2.05, 4.69) is 0 Å². The van der Waals surface area contributed by atoms with Gasteiger partial charge in [0, 0.05) is 24.1 Å². The molecule has 0 amide bonds. The van der Waals surface area contributed by atoms with E-state index >= 15 is 0 Å². The highest BCUT2D eigenvalue weighted by molar-refractivity contribution is 7.91. The van der Waals surface area contributed by atoms with Crippen LogP contribution in [0.15, 0.2) is 58.5 Å². The molecule has 3 aromatic rings. The Morgan fingerprint density at radius 2 is 1.67 bits per heavy atom. The highest BCUT2D eigenvalue weighted by atomic mass is 35.5. The minimum absolute atomic E-state index is 0. The van der Waals surface area contributed by atoms with Gasteiger partial charge < -0.3 is 10.3 Å². The molecule has 0 fully saturated rings. The van der Waals surface area contributed by atoms with Crippen LogP contribution in [0.25, 0.3) is 10.9 Å². The monoisotopic (exact) mass is 364 g/mol. The lowest BCUT2D eigenvalue weighted by Gasteiger charge is -2.06. The van der Waals surface area contributed by atoms with E-state index in [-0.39, 0.29) is 12.4 Å². The number of hydrogen-bond acceptors (Lipinski definition) is 3. The van der Waals surface area contributed by atoms with E-state index < -0.39 is 9.84 Å². The molecule has 1 heterocycles. The molecule has 2 N–H and O–H groups in total. The summed E-state index contributed by atoms with van der Waals surface area (Å²) in [5.41, 5.74) is 8.78. The highest BCUT2D eigenvalue weighted by Gasteiger charge is 2.19. The van der Waals surface area contributed by atoms with Gasteiger partial charge in [-0.25, -0.2) is 8.42 Å². The average Bonchev–Trinajstić information content (AvgIpc) is 2.84. The molecule has 0 unspecified atom stereocenters. The molecule has 1 aromatic heterocycles. The molecule has 24 heavy (non-hydrogen) atoms. The maximum atomic E-state index is 12.8. The van der Waals surface area contributed by atoms with Gasteiger partial charge in [0.2, 0.25) is 9.84 Å². The fourth-order valence-corrected chi connectivity index (χ4v) is 4.11. The van der Waals surface area contributed by atoms with Crippen LogP contribution in [0.1, 0.15) is 11.1 Å². The van der Waals surface area contributed by atoms with Crippen molar-refractivity contribution in [1.82, 2.24) is 4.57 Å². The van der Waals surface area contributed by atoms with E-state index in [0.717, 1.165) is 28.5 Å². The molecule has 0 spiro atoms. The van der Waals surface area contributed by atoms with Gasteiger partial charge in [-0.05, 0) is 55.8 Å². The van der Waals surface area contributed by atoms with Gasteiger partial charge in [0.05, 0.1) is 9.79 Å². The fourth-order valence-electron chi connectivity index (χ4n) is 2.83. The summed E-state index contributed by atoms with van der Waals surface area (Å²) in [7, 11) is -1.56. The number of halogens is 1. The first-order chi connectivity index (χ1) is 10.9. The first kappa shape index (κ1) is 18.5. The molecule has 0 bridgehead atoms. The number of nitrogens with zero attached hydrogens (tertiary/aromatic N) is 1. The number of nitrogens with two attached hydrogens (primary N) is 1. The number of aryl methyl sites for hydroxylation is 2. The summed E-state index contributed by atoms with van der Waals surface area (Å²) in [6.45, 7) is 2.47.